The fourth-order valence-electron chi connectivity index (χ4n) is 5.41. The van der Waals surface area contributed by atoms with Gasteiger partial charge in [0.15, 0.2) is 0 Å². The van der Waals surface area contributed by atoms with Gasteiger partial charge in [-0.1, -0.05) is 36.4 Å². The van der Waals surface area contributed by atoms with Crippen LogP contribution in [0.2, 0.25) is 0 Å². The molecule has 34 heavy (non-hydrogen) atoms. The lowest BCUT2D eigenvalue weighted by Gasteiger charge is -2.28. The van der Waals surface area contributed by atoms with Gasteiger partial charge in [-0.15, -0.1) is 0 Å². The number of fused-ring (bicyclic) bond motifs is 6. The molecule has 1 aliphatic rings. The molecule has 6 aromatic rings. The second-order valence-corrected chi connectivity index (χ2v) is 9.29. The molecule has 7 rings (SSSR count). The monoisotopic (exact) mass is 443 g/mol. The summed E-state index contributed by atoms with van der Waals surface area (Å²) in [5.74, 6) is 0. The predicted octanol–water partition coefficient (Wildman–Crippen LogP) is 7.56. The quantitative estimate of drug-likeness (QED) is 0.276. The van der Waals surface area contributed by atoms with Gasteiger partial charge in [0.25, 0.3) is 0 Å². The second kappa shape index (κ2) is 6.91. The number of aryl methyl sites for hydroxylation is 1. The third kappa shape index (κ3) is 2.59. The van der Waals surface area contributed by atoms with E-state index in [9.17, 15) is 0 Å². The van der Waals surface area contributed by atoms with Crippen LogP contribution in [-0.4, -0.2) is 22.7 Å². The summed E-state index contributed by atoms with van der Waals surface area (Å²) in [7, 11) is 2.12. The molecular formula is C30H25N3O. The van der Waals surface area contributed by atoms with Gasteiger partial charge < -0.3 is 18.8 Å². The van der Waals surface area contributed by atoms with E-state index < -0.39 is 0 Å². The van der Waals surface area contributed by atoms with Crippen molar-refractivity contribution >= 4 is 49.4 Å². The Hall–Kier alpha value is -4.18. The number of rotatable bonds is 2. The maximum atomic E-state index is 6.27. The molecule has 1 atom stereocenters. The van der Waals surface area contributed by atoms with Crippen LogP contribution in [0.15, 0.2) is 95.7 Å². The van der Waals surface area contributed by atoms with Crippen LogP contribution in [0.4, 0.5) is 5.69 Å². The zero-order chi connectivity index (χ0) is 23.0. The lowest BCUT2D eigenvalue weighted by molar-refractivity contribution is 0.383. The van der Waals surface area contributed by atoms with Crippen LogP contribution in [0.3, 0.4) is 0 Å². The largest absolute Gasteiger partial charge is 0.456 e. The summed E-state index contributed by atoms with van der Waals surface area (Å²) in [4.78, 5) is 4.59. The molecule has 0 saturated heterocycles. The number of furan rings is 1. The van der Waals surface area contributed by atoms with Crippen LogP contribution in [0, 0.1) is 6.92 Å². The van der Waals surface area contributed by atoms with Crippen molar-refractivity contribution in [2.24, 2.45) is 0 Å². The molecule has 0 unspecified atom stereocenters. The Morgan fingerprint density at radius 2 is 1.44 bits per heavy atom. The highest BCUT2D eigenvalue weighted by Crippen LogP contribution is 2.41. The van der Waals surface area contributed by atoms with Gasteiger partial charge in [0, 0.05) is 58.4 Å². The van der Waals surface area contributed by atoms with E-state index in [2.05, 4.69) is 114 Å². The fourth-order valence-corrected chi connectivity index (χ4v) is 5.41. The molecule has 4 aromatic carbocycles. The SMILES string of the molecule is Cc1cc2c(cc1N1C=CN(C)[C@@H]1C)c1cc3c(cc1n2-c1ccccc1)oc1ccccc13. The third-order valence-electron chi connectivity index (χ3n) is 7.33. The highest BCUT2D eigenvalue weighted by Gasteiger charge is 2.24. The molecule has 2 aromatic heterocycles. The normalized spacial score (nSPS) is 16.1. The van der Waals surface area contributed by atoms with Gasteiger partial charge in [-0.05, 0) is 55.8 Å². The predicted molar refractivity (Wildman–Crippen MR) is 142 cm³/mol. The van der Waals surface area contributed by atoms with Crippen molar-refractivity contribution in [1.29, 1.82) is 0 Å². The molecule has 0 bridgehead atoms. The van der Waals surface area contributed by atoms with Gasteiger partial charge in [-0.2, -0.15) is 0 Å². The average Bonchev–Trinajstić information content (AvgIpc) is 3.48. The molecule has 0 fully saturated rings. The molecule has 1 aliphatic heterocycles. The minimum atomic E-state index is 0.281. The molecule has 166 valence electrons. The Bertz CT molecular complexity index is 1760. The van der Waals surface area contributed by atoms with Gasteiger partial charge in [0.2, 0.25) is 0 Å². The van der Waals surface area contributed by atoms with Gasteiger partial charge in [0.05, 0.1) is 11.0 Å². The zero-order valence-electron chi connectivity index (χ0n) is 19.5. The highest BCUT2D eigenvalue weighted by molar-refractivity contribution is 6.18. The van der Waals surface area contributed by atoms with Crippen molar-refractivity contribution in [1.82, 2.24) is 9.47 Å². The molecule has 4 nitrogen and oxygen atoms in total. The van der Waals surface area contributed by atoms with E-state index in [4.69, 9.17) is 4.42 Å². The average molecular weight is 444 g/mol. The highest BCUT2D eigenvalue weighted by atomic mass is 16.3. The van der Waals surface area contributed by atoms with Crippen molar-refractivity contribution in [2.75, 3.05) is 11.9 Å². The Morgan fingerprint density at radius 1 is 0.706 bits per heavy atom. The molecule has 3 heterocycles. The summed E-state index contributed by atoms with van der Waals surface area (Å²) in [5, 5.41) is 4.81. The molecule has 4 heteroatoms. The molecule has 0 N–H and O–H groups in total. The first-order valence-electron chi connectivity index (χ1n) is 11.7. The van der Waals surface area contributed by atoms with Crippen molar-refractivity contribution in [3.63, 3.8) is 0 Å². The zero-order valence-corrected chi connectivity index (χ0v) is 19.5. The van der Waals surface area contributed by atoms with E-state index in [1.54, 1.807) is 0 Å². The first kappa shape index (κ1) is 19.3. The number of anilines is 1. The number of para-hydroxylation sites is 2. The molecule has 0 aliphatic carbocycles. The Balaban J connectivity index is 1.61. The van der Waals surface area contributed by atoms with Gasteiger partial charge in [-0.25, -0.2) is 0 Å². The number of nitrogens with zero attached hydrogens (tertiary/aromatic N) is 3. The number of hydrogen-bond donors (Lipinski definition) is 0. The summed E-state index contributed by atoms with van der Waals surface area (Å²) in [6.07, 6.45) is 4.60. The first-order valence-corrected chi connectivity index (χ1v) is 11.7. The molecule has 0 saturated carbocycles. The summed E-state index contributed by atoms with van der Waals surface area (Å²) in [6.45, 7) is 4.44. The maximum Gasteiger partial charge on any atom is 0.137 e. The van der Waals surface area contributed by atoms with Crippen LogP contribution in [-0.2, 0) is 0 Å². The van der Waals surface area contributed by atoms with Gasteiger partial charge in [-0.3, -0.25) is 0 Å². The molecule has 0 radical (unpaired) electrons. The Morgan fingerprint density at radius 3 is 2.24 bits per heavy atom. The second-order valence-electron chi connectivity index (χ2n) is 9.29. The number of hydrogen-bond acceptors (Lipinski definition) is 3. The van der Waals surface area contributed by atoms with Crippen LogP contribution < -0.4 is 4.90 Å². The van der Waals surface area contributed by atoms with Crippen molar-refractivity contribution in [3.05, 3.63) is 96.8 Å². The summed E-state index contributed by atoms with van der Waals surface area (Å²) >= 11 is 0. The van der Waals surface area contributed by atoms with Gasteiger partial charge >= 0.3 is 0 Å². The minimum Gasteiger partial charge on any atom is -0.456 e. The van der Waals surface area contributed by atoms with Crippen molar-refractivity contribution in [3.8, 4) is 5.69 Å². The minimum absolute atomic E-state index is 0.281. The van der Waals surface area contributed by atoms with E-state index in [-0.39, 0.29) is 6.17 Å². The van der Waals surface area contributed by atoms with E-state index in [1.807, 2.05) is 12.1 Å². The summed E-state index contributed by atoms with van der Waals surface area (Å²) in [5.41, 5.74) is 7.87. The Kier molecular flexibility index (Phi) is 3.92. The standard InChI is InChI=1S/C30H25N3O/c1-19-15-27-24(17-26(19)32-14-13-31(3)20(32)2)23-16-25-22-11-7-8-12-29(22)34-30(25)18-28(23)33(27)21-9-5-4-6-10-21/h4-18,20H,1-3H3/t20-/m0/s1. The smallest absolute Gasteiger partial charge is 0.137 e. The summed E-state index contributed by atoms with van der Waals surface area (Å²) in [6, 6.07) is 28.1. The molecule has 0 amide bonds. The van der Waals surface area contributed by atoms with Crippen LogP contribution in [0.1, 0.15) is 12.5 Å². The fraction of sp³-hybridized carbons (Fsp3) is 0.133. The molecule has 0 spiro atoms. The lowest BCUT2D eigenvalue weighted by Crippen LogP contribution is -2.33. The topological polar surface area (TPSA) is 24.6 Å². The number of benzene rings is 4. The third-order valence-corrected chi connectivity index (χ3v) is 7.33. The van der Waals surface area contributed by atoms with E-state index in [1.165, 1.54) is 27.5 Å². The van der Waals surface area contributed by atoms with Crippen LogP contribution in [0.5, 0.6) is 0 Å². The van der Waals surface area contributed by atoms with Crippen molar-refractivity contribution < 1.29 is 4.42 Å². The number of aromatic nitrogens is 1. The lowest BCUT2D eigenvalue weighted by atomic mass is 10.1. The van der Waals surface area contributed by atoms with Gasteiger partial charge in [0.1, 0.15) is 17.3 Å². The summed E-state index contributed by atoms with van der Waals surface area (Å²) < 4.78 is 8.63. The van der Waals surface area contributed by atoms with E-state index in [0.717, 1.165) is 33.1 Å². The van der Waals surface area contributed by atoms with Crippen molar-refractivity contribution in [2.45, 2.75) is 20.0 Å². The van der Waals surface area contributed by atoms with E-state index >= 15 is 0 Å². The Labute approximate surface area is 197 Å². The molecular weight excluding hydrogens is 418 g/mol. The van der Waals surface area contributed by atoms with Crippen LogP contribution >= 0.6 is 0 Å². The first-order chi connectivity index (χ1) is 16.6. The maximum absolute atomic E-state index is 6.27. The van der Waals surface area contributed by atoms with E-state index in [0.29, 0.717) is 0 Å². The van der Waals surface area contributed by atoms with Crippen LogP contribution in [0.25, 0.3) is 49.4 Å².